The van der Waals surface area contributed by atoms with Gasteiger partial charge in [0.25, 0.3) is 5.69 Å². The Bertz CT molecular complexity index is 801. The molecule has 2 aliphatic rings. The van der Waals surface area contributed by atoms with Crippen molar-refractivity contribution < 1.29 is 4.92 Å². The number of rotatable bonds is 2. The van der Waals surface area contributed by atoms with Gasteiger partial charge in [0.15, 0.2) is 0 Å². The molecule has 3 atom stereocenters. The number of nitro benzene ring substituents is 1. The summed E-state index contributed by atoms with van der Waals surface area (Å²) < 4.78 is 0. The minimum absolute atomic E-state index is 0.120. The van der Waals surface area contributed by atoms with Crippen molar-refractivity contribution in [3.05, 3.63) is 80.9 Å². The van der Waals surface area contributed by atoms with Crippen LogP contribution in [0, 0.1) is 16.0 Å². The van der Waals surface area contributed by atoms with E-state index in [1.165, 1.54) is 5.56 Å². The lowest BCUT2D eigenvalue weighted by Crippen LogP contribution is -2.29. The molecule has 0 unspecified atom stereocenters. The molecule has 1 N–H and O–H groups in total. The highest BCUT2D eigenvalue weighted by Gasteiger charge is 2.37. The van der Waals surface area contributed by atoms with E-state index in [0.29, 0.717) is 16.9 Å². The van der Waals surface area contributed by atoms with E-state index in [0.717, 1.165) is 17.7 Å². The average molecular weight is 327 g/mol. The van der Waals surface area contributed by atoms with Gasteiger partial charge in [-0.15, -0.1) is 0 Å². The largest absolute Gasteiger partial charge is 0.378 e. The molecule has 0 saturated heterocycles. The quantitative estimate of drug-likeness (QED) is 0.476. The van der Waals surface area contributed by atoms with Gasteiger partial charge in [0.1, 0.15) is 0 Å². The second-order valence-electron chi connectivity index (χ2n) is 6.06. The smallest absolute Gasteiger partial charge is 0.269 e. The molecule has 23 heavy (non-hydrogen) atoms. The topological polar surface area (TPSA) is 55.2 Å². The predicted octanol–water partition coefficient (Wildman–Crippen LogP) is 5.07. The van der Waals surface area contributed by atoms with Crippen LogP contribution in [0.2, 0.25) is 5.02 Å². The molecule has 1 heterocycles. The predicted molar refractivity (Wildman–Crippen MR) is 90.9 cm³/mol. The third kappa shape index (κ3) is 2.39. The summed E-state index contributed by atoms with van der Waals surface area (Å²) in [6, 6.07) is 12.9. The molecule has 4 rings (SSSR count). The van der Waals surface area contributed by atoms with E-state index in [1.807, 2.05) is 24.3 Å². The van der Waals surface area contributed by atoms with Gasteiger partial charge in [0.2, 0.25) is 0 Å². The number of nitrogens with one attached hydrogen (secondary N) is 1. The number of fused-ring (bicyclic) bond motifs is 3. The van der Waals surface area contributed by atoms with Gasteiger partial charge in [0.05, 0.1) is 11.0 Å². The summed E-state index contributed by atoms with van der Waals surface area (Å²) in [7, 11) is 0. The first kappa shape index (κ1) is 14.3. The fourth-order valence-electron chi connectivity index (χ4n) is 3.70. The van der Waals surface area contributed by atoms with E-state index in [2.05, 4.69) is 23.5 Å². The van der Waals surface area contributed by atoms with Crippen molar-refractivity contribution in [1.82, 2.24) is 0 Å². The first-order chi connectivity index (χ1) is 11.1. The lowest BCUT2D eigenvalue weighted by molar-refractivity contribution is -0.384. The highest BCUT2D eigenvalue weighted by molar-refractivity contribution is 6.30. The molecular formula is C18H15ClN2O2. The molecule has 0 fully saturated rings. The lowest BCUT2D eigenvalue weighted by atomic mass is 9.77. The van der Waals surface area contributed by atoms with E-state index in [-0.39, 0.29) is 16.7 Å². The molecular weight excluding hydrogens is 312 g/mol. The first-order valence-electron chi connectivity index (χ1n) is 7.60. The number of nitrogens with zero attached hydrogens (tertiary/aromatic N) is 1. The zero-order valence-electron chi connectivity index (χ0n) is 12.3. The van der Waals surface area contributed by atoms with Crippen molar-refractivity contribution >= 4 is 23.0 Å². The molecule has 2 aromatic carbocycles. The van der Waals surface area contributed by atoms with Crippen molar-refractivity contribution in [2.24, 2.45) is 5.92 Å². The normalized spacial score (nSPS) is 24.7. The Kier molecular flexibility index (Phi) is 3.34. The van der Waals surface area contributed by atoms with Crippen LogP contribution in [0.15, 0.2) is 54.6 Å². The summed E-state index contributed by atoms with van der Waals surface area (Å²) in [4.78, 5) is 10.5. The molecule has 0 bridgehead atoms. The van der Waals surface area contributed by atoms with E-state index >= 15 is 0 Å². The Morgan fingerprint density at radius 3 is 2.70 bits per heavy atom. The van der Waals surface area contributed by atoms with E-state index in [9.17, 15) is 10.1 Å². The number of nitro groups is 1. The van der Waals surface area contributed by atoms with Crippen molar-refractivity contribution in [2.45, 2.75) is 18.4 Å². The Morgan fingerprint density at radius 1 is 1.17 bits per heavy atom. The van der Waals surface area contributed by atoms with Crippen LogP contribution in [-0.4, -0.2) is 4.92 Å². The van der Waals surface area contributed by atoms with E-state index in [4.69, 9.17) is 11.6 Å². The Hall–Kier alpha value is -2.33. The summed E-state index contributed by atoms with van der Waals surface area (Å²) in [5.74, 6) is 0.786. The molecule has 116 valence electrons. The van der Waals surface area contributed by atoms with Crippen LogP contribution >= 0.6 is 11.6 Å². The van der Waals surface area contributed by atoms with Gasteiger partial charge in [-0.2, -0.15) is 0 Å². The maximum Gasteiger partial charge on any atom is 0.269 e. The van der Waals surface area contributed by atoms with Gasteiger partial charge >= 0.3 is 0 Å². The number of allylic oxidation sites excluding steroid dienone is 2. The van der Waals surface area contributed by atoms with Crippen molar-refractivity contribution in [1.29, 1.82) is 0 Å². The van der Waals surface area contributed by atoms with Crippen LogP contribution in [0.4, 0.5) is 11.4 Å². The molecule has 0 amide bonds. The highest BCUT2D eigenvalue weighted by Crippen LogP contribution is 2.50. The van der Waals surface area contributed by atoms with E-state index < -0.39 is 0 Å². The Labute approximate surface area is 138 Å². The Balaban J connectivity index is 1.73. The second kappa shape index (κ2) is 5.39. The molecule has 0 spiro atoms. The van der Waals surface area contributed by atoms with Gasteiger partial charge in [-0.25, -0.2) is 0 Å². The second-order valence-corrected chi connectivity index (χ2v) is 6.49. The SMILES string of the molecule is O=[N+]([O-])c1ccc([C@@H]2Nc3cc(Cl)ccc3[C@H]3C=CC[C@@H]32)cc1. The van der Waals surface area contributed by atoms with Crippen LogP contribution in [0.1, 0.15) is 29.5 Å². The molecule has 1 aliphatic carbocycles. The van der Waals surface area contributed by atoms with Crippen LogP contribution in [0.3, 0.4) is 0 Å². The standard InChI is InChI=1S/C18H15ClN2O2/c19-12-6-9-15-14-2-1-3-16(14)18(20-17(15)10-12)11-4-7-13(8-5-11)21(22)23/h1-2,4-10,14,16,18,20H,3H2/t14-,16+,18+/m1/s1. The summed E-state index contributed by atoms with van der Waals surface area (Å²) in [5, 5.41) is 15.1. The summed E-state index contributed by atoms with van der Waals surface area (Å²) in [5.41, 5.74) is 3.51. The fourth-order valence-corrected chi connectivity index (χ4v) is 3.87. The number of hydrogen-bond acceptors (Lipinski definition) is 3. The molecule has 2 aromatic rings. The third-order valence-corrected chi connectivity index (χ3v) is 5.02. The maximum atomic E-state index is 10.8. The molecule has 0 aromatic heterocycles. The minimum atomic E-state index is -0.368. The van der Waals surface area contributed by atoms with E-state index in [1.54, 1.807) is 12.1 Å². The van der Waals surface area contributed by atoms with Crippen LogP contribution < -0.4 is 5.32 Å². The summed E-state index contributed by atoms with van der Waals surface area (Å²) >= 11 is 6.14. The number of non-ortho nitro benzene ring substituents is 1. The van der Waals surface area contributed by atoms with Gasteiger partial charge in [-0.3, -0.25) is 10.1 Å². The van der Waals surface area contributed by atoms with Crippen LogP contribution in [0.25, 0.3) is 0 Å². The van der Waals surface area contributed by atoms with Crippen molar-refractivity contribution in [2.75, 3.05) is 5.32 Å². The summed E-state index contributed by atoms with van der Waals surface area (Å²) in [6.07, 6.45) is 5.48. The van der Waals surface area contributed by atoms with Crippen LogP contribution in [-0.2, 0) is 0 Å². The zero-order chi connectivity index (χ0) is 16.0. The molecule has 0 saturated carbocycles. The summed E-state index contributed by atoms with van der Waals surface area (Å²) in [6.45, 7) is 0. The van der Waals surface area contributed by atoms with Crippen molar-refractivity contribution in [3.8, 4) is 0 Å². The van der Waals surface area contributed by atoms with Crippen LogP contribution in [0.5, 0.6) is 0 Å². The average Bonchev–Trinajstić information content (AvgIpc) is 3.03. The maximum absolute atomic E-state index is 10.8. The first-order valence-corrected chi connectivity index (χ1v) is 7.98. The van der Waals surface area contributed by atoms with Gasteiger partial charge in [0, 0.05) is 28.8 Å². The minimum Gasteiger partial charge on any atom is -0.378 e. The molecule has 0 radical (unpaired) electrons. The lowest BCUT2D eigenvalue weighted by Gasteiger charge is -2.37. The zero-order valence-corrected chi connectivity index (χ0v) is 13.0. The van der Waals surface area contributed by atoms with Gasteiger partial charge in [-0.05, 0) is 35.6 Å². The number of hydrogen-bond donors (Lipinski definition) is 1. The number of halogens is 1. The fraction of sp³-hybridized carbons (Fsp3) is 0.222. The molecule has 4 nitrogen and oxygen atoms in total. The number of anilines is 1. The van der Waals surface area contributed by atoms with Gasteiger partial charge < -0.3 is 5.32 Å². The van der Waals surface area contributed by atoms with Crippen molar-refractivity contribution in [3.63, 3.8) is 0 Å². The molecule has 5 heteroatoms. The monoisotopic (exact) mass is 326 g/mol. The number of benzene rings is 2. The molecule has 1 aliphatic heterocycles. The van der Waals surface area contributed by atoms with Gasteiger partial charge in [-0.1, -0.05) is 42.0 Å². The highest BCUT2D eigenvalue weighted by atomic mass is 35.5. The third-order valence-electron chi connectivity index (χ3n) is 4.79. The Morgan fingerprint density at radius 2 is 1.96 bits per heavy atom.